The molecule has 1 aliphatic rings. The molecule has 2 heterocycles. The van der Waals surface area contributed by atoms with Gasteiger partial charge in [0, 0.05) is 39.4 Å². The van der Waals surface area contributed by atoms with Crippen LogP contribution in [0.15, 0.2) is 41.5 Å². The van der Waals surface area contributed by atoms with Gasteiger partial charge in [-0.05, 0) is 48.1 Å². The summed E-state index contributed by atoms with van der Waals surface area (Å²) in [5.41, 5.74) is 2.20. The maximum atomic E-state index is 5.36. The van der Waals surface area contributed by atoms with Gasteiger partial charge < -0.3 is 25.0 Å². The maximum Gasteiger partial charge on any atom is 0.191 e. The summed E-state index contributed by atoms with van der Waals surface area (Å²) >= 11 is 0. The number of pyridine rings is 1. The Morgan fingerprint density at radius 1 is 1.03 bits per heavy atom. The quantitative estimate of drug-likeness (QED) is 0.539. The van der Waals surface area contributed by atoms with Gasteiger partial charge in [0.05, 0.1) is 14.2 Å². The molecule has 1 saturated heterocycles. The highest BCUT2D eigenvalue weighted by atomic mass is 16.5. The number of hydrogen-bond donors (Lipinski definition) is 2. The lowest BCUT2D eigenvalue weighted by molar-refractivity contribution is 0.354. The highest BCUT2D eigenvalue weighted by molar-refractivity contribution is 5.79. The highest BCUT2D eigenvalue weighted by Crippen LogP contribution is 2.27. The first kappa shape index (κ1) is 21.7. The van der Waals surface area contributed by atoms with Crippen molar-refractivity contribution in [1.82, 2.24) is 15.6 Å². The number of nitrogens with zero attached hydrogens (tertiary/aromatic N) is 3. The molecular formula is C23H33N5O2. The third-order valence-electron chi connectivity index (χ3n) is 5.51. The predicted octanol–water partition coefficient (Wildman–Crippen LogP) is 3.20. The third kappa shape index (κ3) is 5.78. The van der Waals surface area contributed by atoms with Gasteiger partial charge in [-0.2, -0.15) is 0 Å². The molecule has 0 unspecified atom stereocenters. The van der Waals surface area contributed by atoms with E-state index in [0.29, 0.717) is 18.8 Å². The van der Waals surface area contributed by atoms with E-state index in [4.69, 9.17) is 9.47 Å². The van der Waals surface area contributed by atoms with Gasteiger partial charge in [-0.1, -0.05) is 19.1 Å². The van der Waals surface area contributed by atoms with Gasteiger partial charge in [-0.25, -0.2) is 4.98 Å². The fourth-order valence-electron chi connectivity index (χ4n) is 3.53. The minimum absolute atomic E-state index is 0.630. The molecule has 2 N–H and O–H groups in total. The lowest BCUT2D eigenvalue weighted by Gasteiger charge is -2.31. The number of anilines is 1. The van der Waals surface area contributed by atoms with Gasteiger partial charge in [-0.15, -0.1) is 0 Å². The van der Waals surface area contributed by atoms with E-state index in [-0.39, 0.29) is 0 Å². The summed E-state index contributed by atoms with van der Waals surface area (Å²) in [6.45, 7) is 5.81. The van der Waals surface area contributed by atoms with E-state index >= 15 is 0 Å². The molecular weight excluding hydrogens is 378 g/mol. The van der Waals surface area contributed by atoms with Crippen molar-refractivity contribution in [2.45, 2.75) is 32.9 Å². The normalized spacial score (nSPS) is 15.1. The average Bonchev–Trinajstić information content (AvgIpc) is 2.80. The van der Waals surface area contributed by atoms with Gasteiger partial charge in [0.2, 0.25) is 0 Å². The smallest absolute Gasteiger partial charge is 0.191 e. The molecule has 0 spiro atoms. The van der Waals surface area contributed by atoms with Crippen molar-refractivity contribution in [3.8, 4) is 11.5 Å². The number of ether oxygens (including phenoxy) is 2. The maximum absolute atomic E-state index is 5.36. The topological polar surface area (TPSA) is 71.0 Å². The van der Waals surface area contributed by atoms with Crippen molar-refractivity contribution in [3.05, 3.63) is 47.7 Å². The zero-order chi connectivity index (χ0) is 21.3. The van der Waals surface area contributed by atoms with Crippen molar-refractivity contribution < 1.29 is 9.47 Å². The number of aromatic nitrogens is 1. The summed E-state index contributed by atoms with van der Waals surface area (Å²) in [7, 11) is 5.04. The third-order valence-corrected chi connectivity index (χ3v) is 5.51. The Labute approximate surface area is 179 Å². The first-order valence-corrected chi connectivity index (χ1v) is 10.5. The zero-order valence-electron chi connectivity index (χ0n) is 18.4. The standard InChI is InChI=1S/C23H33N5O2/c1-17-9-11-28(12-10-17)22-8-6-19(15-25-22)16-27-23(24-2)26-14-18-5-7-20(29-3)21(13-18)30-4/h5-8,13,15,17H,9-12,14,16H2,1-4H3,(H2,24,26,27). The fourth-order valence-corrected chi connectivity index (χ4v) is 3.53. The average molecular weight is 412 g/mol. The van der Waals surface area contributed by atoms with Crippen LogP contribution in [-0.4, -0.2) is 45.3 Å². The molecule has 0 bridgehead atoms. The van der Waals surface area contributed by atoms with Gasteiger partial charge in [-0.3, -0.25) is 4.99 Å². The van der Waals surface area contributed by atoms with Crippen LogP contribution in [0.3, 0.4) is 0 Å². The van der Waals surface area contributed by atoms with E-state index in [1.165, 1.54) is 12.8 Å². The van der Waals surface area contributed by atoms with Crippen LogP contribution in [0, 0.1) is 5.92 Å². The van der Waals surface area contributed by atoms with E-state index in [9.17, 15) is 0 Å². The minimum Gasteiger partial charge on any atom is -0.493 e. The molecule has 1 aromatic heterocycles. The van der Waals surface area contributed by atoms with Crippen LogP contribution in [-0.2, 0) is 13.1 Å². The van der Waals surface area contributed by atoms with Crippen LogP contribution in [0.2, 0.25) is 0 Å². The van der Waals surface area contributed by atoms with Crippen molar-refractivity contribution >= 4 is 11.8 Å². The second-order valence-electron chi connectivity index (χ2n) is 7.66. The number of nitrogens with one attached hydrogen (secondary N) is 2. The number of guanidine groups is 1. The number of hydrogen-bond acceptors (Lipinski definition) is 5. The molecule has 1 aromatic carbocycles. The van der Waals surface area contributed by atoms with Gasteiger partial charge in [0.15, 0.2) is 17.5 Å². The first-order chi connectivity index (χ1) is 14.6. The van der Waals surface area contributed by atoms with E-state index in [0.717, 1.165) is 47.7 Å². The molecule has 162 valence electrons. The molecule has 30 heavy (non-hydrogen) atoms. The molecule has 2 aromatic rings. The van der Waals surface area contributed by atoms with Crippen LogP contribution >= 0.6 is 0 Å². The molecule has 1 fully saturated rings. The summed E-state index contributed by atoms with van der Waals surface area (Å²) in [6.07, 6.45) is 4.43. The number of aliphatic imine (C=N–C) groups is 1. The predicted molar refractivity (Wildman–Crippen MR) is 121 cm³/mol. The molecule has 3 rings (SSSR count). The molecule has 0 aliphatic carbocycles. The van der Waals surface area contributed by atoms with Crippen molar-refractivity contribution in [1.29, 1.82) is 0 Å². The molecule has 7 nitrogen and oxygen atoms in total. The molecule has 0 atom stereocenters. The number of piperidine rings is 1. The van der Waals surface area contributed by atoms with Crippen LogP contribution in [0.25, 0.3) is 0 Å². The Bertz CT molecular complexity index is 830. The van der Waals surface area contributed by atoms with E-state index in [1.807, 2.05) is 24.4 Å². The summed E-state index contributed by atoms with van der Waals surface area (Å²) in [5, 5.41) is 6.67. The molecule has 1 aliphatic heterocycles. The summed E-state index contributed by atoms with van der Waals surface area (Å²) in [4.78, 5) is 11.3. The van der Waals surface area contributed by atoms with E-state index in [1.54, 1.807) is 21.3 Å². The Balaban J connectivity index is 1.49. The molecule has 0 amide bonds. The highest BCUT2D eigenvalue weighted by Gasteiger charge is 2.16. The van der Waals surface area contributed by atoms with Crippen molar-refractivity contribution in [3.63, 3.8) is 0 Å². The SMILES string of the molecule is CN=C(NCc1ccc(N2CCC(C)CC2)nc1)NCc1ccc(OC)c(OC)c1. The Kier molecular flexibility index (Phi) is 7.76. The molecule has 7 heteroatoms. The lowest BCUT2D eigenvalue weighted by Crippen LogP contribution is -2.36. The first-order valence-electron chi connectivity index (χ1n) is 10.5. The number of methoxy groups -OCH3 is 2. The van der Waals surface area contributed by atoms with Crippen LogP contribution in [0.4, 0.5) is 5.82 Å². The Morgan fingerprint density at radius 2 is 1.70 bits per heavy atom. The Hall–Kier alpha value is -2.96. The van der Waals surface area contributed by atoms with Crippen LogP contribution < -0.4 is 25.0 Å². The van der Waals surface area contributed by atoms with E-state index < -0.39 is 0 Å². The second-order valence-corrected chi connectivity index (χ2v) is 7.66. The van der Waals surface area contributed by atoms with Crippen molar-refractivity contribution in [2.75, 3.05) is 39.3 Å². The van der Waals surface area contributed by atoms with Crippen molar-refractivity contribution in [2.24, 2.45) is 10.9 Å². The fraction of sp³-hybridized carbons (Fsp3) is 0.478. The van der Waals surface area contributed by atoms with Gasteiger partial charge >= 0.3 is 0 Å². The second kappa shape index (κ2) is 10.7. The van der Waals surface area contributed by atoms with Gasteiger partial charge in [0.1, 0.15) is 5.82 Å². The molecule has 0 radical (unpaired) electrons. The minimum atomic E-state index is 0.630. The summed E-state index contributed by atoms with van der Waals surface area (Å²) in [5.74, 6) is 4.07. The van der Waals surface area contributed by atoms with Gasteiger partial charge in [0.25, 0.3) is 0 Å². The zero-order valence-corrected chi connectivity index (χ0v) is 18.4. The number of rotatable bonds is 7. The van der Waals surface area contributed by atoms with Crippen LogP contribution in [0.5, 0.6) is 11.5 Å². The van der Waals surface area contributed by atoms with E-state index in [2.05, 4.69) is 44.6 Å². The molecule has 0 saturated carbocycles. The largest absolute Gasteiger partial charge is 0.493 e. The lowest BCUT2D eigenvalue weighted by atomic mass is 9.99. The summed E-state index contributed by atoms with van der Waals surface area (Å²) in [6, 6.07) is 10.1. The number of benzene rings is 1. The Morgan fingerprint density at radius 3 is 2.30 bits per heavy atom. The monoisotopic (exact) mass is 411 g/mol. The summed E-state index contributed by atoms with van der Waals surface area (Å²) < 4.78 is 10.7. The van der Waals surface area contributed by atoms with Crippen LogP contribution in [0.1, 0.15) is 30.9 Å².